The highest BCUT2D eigenvalue weighted by atomic mass is 19.4. The molecule has 0 aromatic heterocycles. The topological polar surface area (TPSA) is 96.7 Å². The molecule has 4 unspecified atom stereocenters. The SMILES string of the molecule is NC(=O)NNC(=O)C1CC2(c3ccccc3)C(OCc3cc(C(F)(F)F)cc(C(F)(F)F)c3)CCC1N2Cc1ccccc1. The monoisotopic (exact) mass is 620 g/mol. The van der Waals surface area contributed by atoms with Crippen LogP contribution in [0.2, 0.25) is 0 Å². The molecule has 0 radical (unpaired) electrons. The van der Waals surface area contributed by atoms with Crippen LogP contribution < -0.4 is 16.6 Å². The van der Waals surface area contributed by atoms with Crippen molar-refractivity contribution in [2.75, 3.05) is 0 Å². The molecule has 2 heterocycles. The van der Waals surface area contributed by atoms with Crippen molar-refractivity contribution in [2.24, 2.45) is 11.7 Å². The predicted molar refractivity (Wildman–Crippen MR) is 147 cm³/mol. The minimum Gasteiger partial charge on any atom is -0.371 e. The Bertz CT molecular complexity index is 1450. The number of hydrogen-bond donors (Lipinski definition) is 3. The summed E-state index contributed by atoms with van der Waals surface area (Å²) in [5.41, 5.74) is 7.25. The maximum atomic E-state index is 13.5. The Balaban J connectivity index is 1.55. The van der Waals surface area contributed by atoms with Crippen LogP contribution in [0, 0.1) is 5.92 Å². The number of carbonyl (C=O) groups excluding carboxylic acids is 2. The lowest BCUT2D eigenvalue weighted by atomic mass is 9.78. The molecule has 3 amide bonds. The molecule has 0 spiro atoms. The van der Waals surface area contributed by atoms with Gasteiger partial charge in [0.2, 0.25) is 5.91 Å². The highest BCUT2D eigenvalue weighted by molar-refractivity contribution is 5.83. The van der Waals surface area contributed by atoms with Crippen molar-refractivity contribution in [1.82, 2.24) is 15.8 Å². The molecule has 234 valence electrons. The van der Waals surface area contributed by atoms with Gasteiger partial charge in [0, 0.05) is 12.6 Å². The highest BCUT2D eigenvalue weighted by Crippen LogP contribution is 2.55. The third kappa shape index (κ3) is 6.39. The maximum absolute atomic E-state index is 13.5. The lowest BCUT2D eigenvalue weighted by Gasteiger charge is -2.50. The molecule has 0 aliphatic carbocycles. The molecule has 3 aromatic carbocycles. The van der Waals surface area contributed by atoms with Crippen molar-refractivity contribution in [2.45, 2.75) is 62.5 Å². The van der Waals surface area contributed by atoms with Crippen LogP contribution in [-0.2, 0) is 40.6 Å². The van der Waals surface area contributed by atoms with Gasteiger partial charge < -0.3 is 10.5 Å². The number of alkyl halides is 6. The summed E-state index contributed by atoms with van der Waals surface area (Å²) in [6.07, 6.45) is -9.66. The number of halogens is 6. The van der Waals surface area contributed by atoms with E-state index in [0.717, 1.165) is 11.1 Å². The molecule has 2 bridgehead atoms. The van der Waals surface area contributed by atoms with Crippen LogP contribution in [0.3, 0.4) is 0 Å². The van der Waals surface area contributed by atoms with Gasteiger partial charge >= 0.3 is 18.4 Å². The van der Waals surface area contributed by atoms with Crippen molar-refractivity contribution in [3.8, 4) is 0 Å². The van der Waals surface area contributed by atoms with E-state index in [0.29, 0.717) is 31.5 Å². The van der Waals surface area contributed by atoms with Crippen LogP contribution >= 0.6 is 0 Å². The van der Waals surface area contributed by atoms with Crippen molar-refractivity contribution < 1.29 is 40.7 Å². The van der Waals surface area contributed by atoms with Gasteiger partial charge in [-0.15, -0.1) is 0 Å². The summed E-state index contributed by atoms with van der Waals surface area (Å²) in [6.45, 7) is -0.134. The number of hydrogen-bond acceptors (Lipinski definition) is 4. The molecule has 2 saturated heterocycles. The molecule has 7 nitrogen and oxygen atoms in total. The second-order valence-corrected chi connectivity index (χ2v) is 11.1. The summed E-state index contributed by atoms with van der Waals surface area (Å²) in [7, 11) is 0. The van der Waals surface area contributed by atoms with E-state index < -0.39 is 59.6 Å². The van der Waals surface area contributed by atoms with Crippen LogP contribution in [0.4, 0.5) is 31.1 Å². The first kappa shape index (κ1) is 31.3. The van der Waals surface area contributed by atoms with E-state index in [9.17, 15) is 35.9 Å². The van der Waals surface area contributed by atoms with Gasteiger partial charge in [0.1, 0.15) is 0 Å². The number of fused-ring (bicyclic) bond motifs is 2. The van der Waals surface area contributed by atoms with E-state index in [2.05, 4.69) is 15.8 Å². The second kappa shape index (κ2) is 12.1. The van der Waals surface area contributed by atoms with Crippen molar-refractivity contribution in [1.29, 1.82) is 0 Å². The summed E-state index contributed by atoms with van der Waals surface area (Å²) in [4.78, 5) is 26.8. The number of carbonyl (C=O) groups is 2. The quantitative estimate of drug-likeness (QED) is 0.227. The van der Waals surface area contributed by atoms with E-state index in [-0.39, 0.29) is 24.1 Å². The van der Waals surface area contributed by atoms with Gasteiger partial charge in [-0.25, -0.2) is 10.2 Å². The first-order chi connectivity index (χ1) is 20.8. The maximum Gasteiger partial charge on any atom is 0.416 e. The lowest BCUT2D eigenvalue weighted by Crippen LogP contribution is -2.57. The summed E-state index contributed by atoms with van der Waals surface area (Å²) >= 11 is 0. The Labute approximate surface area is 249 Å². The highest BCUT2D eigenvalue weighted by Gasteiger charge is 2.61. The number of nitrogens with two attached hydrogens (primary N) is 1. The largest absolute Gasteiger partial charge is 0.416 e. The van der Waals surface area contributed by atoms with Gasteiger partial charge in [-0.1, -0.05) is 60.7 Å². The average molecular weight is 621 g/mol. The third-order valence-electron chi connectivity index (χ3n) is 8.38. The minimum atomic E-state index is -4.99. The number of hydrazine groups is 1. The molecule has 13 heteroatoms. The van der Waals surface area contributed by atoms with Crippen LogP contribution in [0.25, 0.3) is 0 Å². The first-order valence-electron chi connectivity index (χ1n) is 13.9. The fraction of sp³-hybridized carbons (Fsp3) is 0.355. The zero-order chi connectivity index (χ0) is 31.7. The average Bonchev–Trinajstić information content (AvgIpc) is 3.19. The predicted octanol–water partition coefficient (Wildman–Crippen LogP) is 5.89. The van der Waals surface area contributed by atoms with E-state index in [1.165, 1.54) is 0 Å². The molecule has 44 heavy (non-hydrogen) atoms. The molecule has 5 rings (SSSR count). The van der Waals surface area contributed by atoms with Gasteiger partial charge in [-0.2, -0.15) is 26.3 Å². The Hall–Kier alpha value is -4.10. The molecular formula is C31H30F6N4O3. The van der Waals surface area contributed by atoms with Crippen molar-refractivity contribution >= 4 is 11.9 Å². The van der Waals surface area contributed by atoms with Crippen molar-refractivity contribution in [3.63, 3.8) is 0 Å². The van der Waals surface area contributed by atoms with Gasteiger partial charge in [0.25, 0.3) is 0 Å². The van der Waals surface area contributed by atoms with E-state index in [1.807, 2.05) is 60.7 Å². The van der Waals surface area contributed by atoms with Crippen LogP contribution in [0.15, 0.2) is 78.9 Å². The first-order valence-corrected chi connectivity index (χ1v) is 13.9. The van der Waals surface area contributed by atoms with E-state index in [4.69, 9.17) is 10.5 Å². The molecule has 4 atom stereocenters. The number of primary amides is 1. The smallest absolute Gasteiger partial charge is 0.371 e. The number of piperidine rings is 1. The molecule has 2 fully saturated rings. The number of rotatable bonds is 7. The molecule has 0 saturated carbocycles. The summed E-state index contributed by atoms with van der Waals surface area (Å²) in [5, 5.41) is 0. The zero-order valence-electron chi connectivity index (χ0n) is 23.3. The van der Waals surface area contributed by atoms with Gasteiger partial charge in [-0.05, 0) is 54.2 Å². The molecule has 2 aliphatic rings. The zero-order valence-corrected chi connectivity index (χ0v) is 23.3. The molecule has 4 N–H and O–H groups in total. The number of nitrogens with zero attached hydrogens (tertiary/aromatic N) is 1. The molecule has 2 aliphatic heterocycles. The number of ether oxygens (including phenoxy) is 1. The summed E-state index contributed by atoms with van der Waals surface area (Å²) < 4.78 is 87.5. The normalized spacial score (nSPS) is 23.7. The van der Waals surface area contributed by atoms with Crippen LogP contribution in [0.1, 0.15) is 47.1 Å². The number of amides is 3. The van der Waals surface area contributed by atoms with Crippen molar-refractivity contribution in [3.05, 3.63) is 107 Å². The minimum absolute atomic E-state index is 0.0854. The summed E-state index contributed by atoms with van der Waals surface area (Å²) in [5.74, 6) is -1.12. The summed E-state index contributed by atoms with van der Waals surface area (Å²) in [6, 6.07) is 18.8. The standard InChI is InChI=1S/C31H30F6N4O3/c32-30(33,34)22-13-20(14-23(15-22)31(35,36)37)18-44-26-12-11-25-24(27(42)39-40-28(38)43)16-29(26,21-9-5-2-6-10-21)41(25)17-19-7-3-1-4-8-19/h1-10,13-15,24-26H,11-12,16-18H2,(H,39,42)(H3,38,40,43). The number of benzene rings is 3. The number of urea groups is 1. The van der Waals surface area contributed by atoms with Gasteiger partial charge in [0.15, 0.2) is 0 Å². The van der Waals surface area contributed by atoms with Crippen LogP contribution in [-0.4, -0.2) is 29.0 Å². The Morgan fingerprint density at radius 1 is 0.841 bits per heavy atom. The second-order valence-electron chi connectivity index (χ2n) is 11.1. The Morgan fingerprint density at radius 3 is 2.00 bits per heavy atom. The fourth-order valence-electron chi connectivity index (χ4n) is 6.57. The Morgan fingerprint density at radius 2 is 1.43 bits per heavy atom. The fourth-order valence-corrected chi connectivity index (χ4v) is 6.57. The number of nitrogens with one attached hydrogen (secondary N) is 2. The van der Waals surface area contributed by atoms with Crippen LogP contribution in [0.5, 0.6) is 0 Å². The van der Waals surface area contributed by atoms with Gasteiger partial charge in [0.05, 0.1) is 35.3 Å². The third-order valence-corrected chi connectivity index (χ3v) is 8.38. The van der Waals surface area contributed by atoms with E-state index >= 15 is 0 Å². The van der Waals surface area contributed by atoms with Gasteiger partial charge in [-0.3, -0.25) is 15.1 Å². The molecule has 3 aromatic rings. The lowest BCUT2D eigenvalue weighted by molar-refractivity contribution is -0.143. The van der Waals surface area contributed by atoms with E-state index in [1.54, 1.807) is 0 Å². The Kier molecular flexibility index (Phi) is 8.63. The molecular weight excluding hydrogens is 590 g/mol.